The van der Waals surface area contributed by atoms with E-state index in [1.165, 1.54) is 18.2 Å². The number of methoxy groups -OCH3 is 1. The summed E-state index contributed by atoms with van der Waals surface area (Å²) in [5.41, 5.74) is 5.37. The number of hydrogen-bond acceptors (Lipinski definition) is 3. The van der Waals surface area contributed by atoms with Crippen molar-refractivity contribution in [3.63, 3.8) is 0 Å². The second kappa shape index (κ2) is 6.24. The molecule has 2 aromatic rings. The van der Waals surface area contributed by atoms with Crippen LogP contribution < -0.4 is 5.32 Å². The molecule has 0 heterocycles. The van der Waals surface area contributed by atoms with Crippen molar-refractivity contribution in [3.8, 4) is 0 Å². The van der Waals surface area contributed by atoms with Crippen LogP contribution in [-0.4, -0.2) is 13.1 Å². The summed E-state index contributed by atoms with van der Waals surface area (Å²) in [6.07, 6.45) is 0. The highest BCUT2D eigenvalue weighted by Crippen LogP contribution is 2.19. The monoisotopic (exact) mass is 269 g/mol. The normalized spacial score (nSPS) is 10.2. The largest absolute Gasteiger partial charge is 0.465 e. The van der Waals surface area contributed by atoms with Gasteiger partial charge in [0.15, 0.2) is 0 Å². The molecule has 104 valence electrons. The van der Waals surface area contributed by atoms with Crippen LogP contribution in [0.15, 0.2) is 42.5 Å². The van der Waals surface area contributed by atoms with Gasteiger partial charge in [0, 0.05) is 12.2 Å². The smallest absolute Gasteiger partial charge is 0.337 e. The molecular formula is C17H19NO2. The van der Waals surface area contributed by atoms with Crippen LogP contribution in [-0.2, 0) is 11.3 Å². The van der Waals surface area contributed by atoms with Crippen LogP contribution >= 0.6 is 0 Å². The molecule has 0 bridgehead atoms. The van der Waals surface area contributed by atoms with Gasteiger partial charge in [-0.2, -0.15) is 0 Å². The van der Waals surface area contributed by atoms with Gasteiger partial charge in [0.1, 0.15) is 0 Å². The number of carbonyl (C=O) groups is 1. The molecule has 0 radical (unpaired) electrons. The van der Waals surface area contributed by atoms with Crippen molar-refractivity contribution in [1.29, 1.82) is 0 Å². The van der Waals surface area contributed by atoms with E-state index in [0.29, 0.717) is 5.56 Å². The van der Waals surface area contributed by atoms with Crippen molar-refractivity contribution < 1.29 is 9.53 Å². The highest BCUT2D eigenvalue weighted by Gasteiger charge is 2.04. The Morgan fingerprint density at radius 2 is 1.80 bits per heavy atom. The van der Waals surface area contributed by atoms with Crippen LogP contribution in [0.1, 0.15) is 27.0 Å². The standard InChI is InChI=1S/C17H19NO2/c1-12-5-4-6-16(13(12)2)18-11-14-7-9-15(10-8-14)17(19)20-3/h4-10,18H,11H2,1-3H3. The van der Waals surface area contributed by atoms with Gasteiger partial charge in [-0.05, 0) is 48.7 Å². The minimum Gasteiger partial charge on any atom is -0.465 e. The first kappa shape index (κ1) is 14.1. The molecule has 0 aliphatic heterocycles. The lowest BCUT2D eigenvalue weighted by Crippen LogP contribution is -2.04. The summed E-state index contributed by atoms with van der Waals surface area (Å²) in [6.45, 7) is 4.94. The lowest BCUT2D eigenvalue weighted by Gasteiger charge is -2.11. The minimum absolute atomic E-state index is 0.306. The number of rotatable bonds is 4. The van der Waals surface area contributed by atoms with E-state index >= 15 is 0 Å². The maximum absolute atomic E-state index is 11.3. The minimum atomic E-state index is -0.306. The Bertz CT molecular complexity index is 603. The van der Waals surface area contributed by atoms with Crippen LogP contribution in [0.4, 0.5) is 5.69 Å². The molecule has 0 saturated heterocycles. The molecule has 2 aromatic carbocycles. The molecule has 2 rings (SSSR count). The molecule has 0 aliphatic carbocycles. The Labute approximate surface area is 119 Å². The first-order valence-corrected chi connectivity index (χ1v) is 6.59. The summed E-state index contributed by atoms with van der Waals surface area (Å²) in [6, 6.07) is 13.7. The fourth-order valence-corrected chi connectivity index (χ4v) is 2.02. The van der Waals surface area contributed by atoms with Gasteiger partial charge in [-0.3, -0.25) is 0 Å². The number of nitrogens with one attached hydrogen (secondary N) is 1. The van der Waals surface area contributed by atoms with Gasteiger partial charge in [0.2, 0.25) is 0 Å². The van der Waals surface area contributed by atoms with Crippen LogP contribution in [0.3, 0.4) is 0 Å². The SMILES string of the molecule is COC(=O)c1ccc(CNc2cccc(C)c2C)cc1. The predicted octanol–water partition coefficient (Wildman–Crippen LogP) is 3.70. The molecule has 0 unspecified atom stereocenters. The second-order valence-corrected chi connectivity index (χ2v) is 4.79. The third-order valence-electron chi connectivity index (χ3n) is 3.46. The first-order chi connectivity index (χ1) is 9.61. The Balaban J connectivity index is 2.04. The molecule has 1 N–H and O–H groups in total. The Morgan fingerprint density at radius 1 is 1.10 bits per heavy atom. The van der Waals surface area contributed by atoms with Crippen molar-refractivity contribution in [3.05, 3.63) is 64.7 Å². The molecule has 0 atom stereocenters. The van der Waals surface area contributed by atoms with E-state index in [4.69, 9.17) is 0 Å². The summed E-state index contributed by atoms with van der Waals surface area (Å²) < 4.78 is 4.68. The van der Waals surface area contributed by atoms with E-state index in [1.54, 1.807) is 12.1 Å². The van der Waals surface area contributed by atoms with Crippen molar-refractivity contribution in [1.82, 2.24) is 0 Å². The number of hydrogen-bond donors (Lipinski definition) is 1. The maximum atomic E-state index is 11.3. The molecule has 0 amide bonds. The van der Waals surface area contributed by atoms with Gasteiger partial charge < -0.3 is 10.1 Å². The lowest BCUT2D eigenvalue weighted by molar-refractivity contribution is 0.0600. The van der Waals surface area contributed by atoms with E-state index in [2.05, 4.69) is 36.0 Å². The van der Waals surface area contributed by atoms with E-state index in [0.717, 1.165) is 17.8 Å². The molecule has 0 aliphatic rings. The number of benzene rings is 2. The van der Waals surface area contributed by atoms with Crippen molar-refractivity contribution in [2.75, 3.05) is 12.4 Å². The van der Waals surface area contributed by atoms with Gasteiger partial charge in [0.25, 0.3) is 0 Å². The van der Waals surface area contributed by atoms with Crippen molar-refractivity contribution >= 4 is 11.7 Å². The fourth-order valence-electron chi connectivity index (χ4n) is 2.02. The van der Waals surface area contributed by atoms with Gasteiger partial charge in [-0.1, -0.05) is 24.3 Å². The third-order valence-corrected chi connectivity index (χ3v) is 3.46. The molecular weight excluding hydrogens is 250 g/mol. The molecule has 0 fully saturated rings. The van der Waals surface area contributed by atoms with Crippen LogP contribution in [0, 0.1) is 13.8 Å². The van der Waals surface area contributed by atoms with Crippen LogP contribution in [0.2, 0.25) is 0 Å². The summed E-state index contributed by atoms with van der Waals surface area (Å²) in [7, 11) is 1.39. The molecule has 20 heavy (non-hydrogen) atoms. The molecule has 0 aromatic heterocycles. The van der Waals surface area contributed by atoms with Gasteiger partial charge in [0.05, 0.1) is 12.7 Å². The highest BCUT2D eigenvalue weighted by atomic mass is 16.5. The van der Waals surface area contributed by atoms with Crippen LogP contribution in [0.5, 0.6) is 0 Å². The topological polar surface area (TPSA) is 38.3 Å². The zero-order valence-corrected chi connectivity index (χ0v) is 12.1. The lowest BCUT2D eigenvalue weighted by atomic mass is 10.1. The Kier molecular flexibility index (Phi) is 4.41. The van der Waals surface area contributed by atoms with E-state index in [9.17, 15) is 4.79 Å². The van der Waals surface area contributed by atoms with Gasteiger partial charge in [-0.15, -0.1) is 0 Å². The van der Waals surface area contributed by atoms with E-state index < -0.39 is 0 Å². The predicted molar refractivity (Wildman–Crippen MR) is 81.0 cm³/mol. The summed E-state index contributed by atoms with van der Waals surface area (Å²) >= 11 is 0. The average molecular weight is 269 g/mol. The number of anilines is 1. The number of aryl methyl sites for hydroxylation is 1. The number of carbonyl (C=O) groups excluding carboxylic acids is 1. The van der Waals surface area contributed by atoms with Crippen molar-refractivity contribution in [2.45, 2.75) is 20.4 Å². The van der Waals surface area contributed by atoms with E-state index in [1.807, 2.05) is 18.2 Å². The Hall–Kier alpha value is -2.29. The highest BCUT2D eigenvalue weighted by molar-refractivity contribution is 5.89. The summed E-state index contributed by atoms with van der Waals surface area (Å²) in [4.78, 5) is 11.3. The second-order valence-electron chi connectivity index (χ2n) is 4.79. The molecule has 3 nitrogen and oxygen atoms in total. The van der Waals surface area contributed by atoms with Gasteiger partial charge in [-0.25, -0.2) is 4.79 Å². The van der Waals surface area contributed by atoms with Crippen LogP contribution in [0.25, 0.3) is 0 Å². The zero-order chi connectivity index (χ0) is 14.5. The van der Waals surface area contributed by atoms with Gasteiger partial charge >= 0.3 is 5.97 Å². The zero-order valence-electron chi connectivity index (χ0n) is 12.1. The van der Waals surface area contributed by atoms with E-state index in [-0.39, 0.29) is 5.97 Å². The number of esters is 1. The summed E-state index contributed by atoms with van der Waals surface area (Å²) in [5, 5.41) is 3.42. The fraction of sp³-hybridized carbons (Fsp3) is 0.235. The quantitative estimate of drug-likeness (QED) is 0.860. The summed E-state index contributed by atoms with van der Waals surface area (Å²) in [5.74, 6) is -0.306. The molecule has 0 saturated carbocycles. The third kappa shape index (κ3) is 3.18. The van der Waals surface area contributed by atoms with Crippen molar-refractivity contribution in [2.24, 2.45) is 0 Å². The molecule has 0 spiro atoms. The Morgan fingerprint density at radius 3 is 2.45 bits per heavy atom. The number of ether oxygens (including phenoxy) is 1. The first-order valence-electron chi connectivity index (χ1n) is 6.59. The molecule has 3 heteroatoms. The maximum Gasteiger partial charge on any atom is 0.337 e. The average Bonchev–Trinajstić information content (AvgIpc) is 2.48.